The Bertz CT molecular complexity index is 1180. The van der Waals surface area contributed by atoms with E-state index >= 15 is 0 Å². The number of nitrogens with zero attached hydrogens (tertiary/aromatic N) is 1. The van der Waals surface area contributed by atoms with E-state index in [1.165, 1.54) is 24.4 Å². The first-order chi connectivity index (χ1) is 15.3. The fraction of sp³-hybridized carbons (Fsp3) is 0.0476. The average molecular weight is 494 g/mol. The van der Waals surface area contributed by atoms with Gasteiger partial charge in [0.2, 0.25) is 0 Å². The second-order valence-electron chi connectivity index (χ2n) is 6.28. The number of carbonyl (C=O) groups is 3. The summed E-state index contributed by atoms with van der Waals surface area (Å²) in [7, 11) is 0. The molecule has 0 aliphatic carbocycles. The Balaban J connectivity index is 1.46. The lowest BCUT2D eigenvalue weighted by Crippen LogP contribution is -2.34. The van der Waals surface area contributed by atoms with Crippen LogP contribution in [0.4, 0.5) is 5.69 Å². The van der Waals surface area contributed by atoms with Crippen molar-refractivity contribution in [3.05, 3.63) is 86.7 Å². The SMILES string of the molecule is O=C(NCc1ccc(/C=N\NC(=O)c2ccc(Cl)cc2)o1)C(=O)Nc1ccc(Cl)c(Cl)c1. The Labute approximate surface area is 197 Å². The minimum absolute atomic E-state index is 0.0292. The molecule has 0 aliphatic heterocycles. The van der Waals surface area contributed by atoms with Crippen LogP contribution in [0.3, 0.4) is 0 Å². The van der Waals surface area contributed by atoms with E-state index in [4.69, 9.17) is 39.2 Å². The van der Waals surface area contributed by atoms with Crippen LogP contribution in [0.5, 0.6) is 0 Å². The summed E-state index contributed by atoms with van der Waals surface area (Å²) >= 11 is 17.5. The molecule has 0 aliphatic rings. The Morgan fingerprint density at radius 3 is 2.38 bits per heavy atom. The van der Waals surface area contributed by atoms with Crippen molar-refractivity contribution in [3.8, 4) is 0 Å². The highest BCUT2D eigenvalue weighted by Gasteiger charge is 2.15. The summed E-state index contributed by atoms with van der Waals surface area (Å²) in [4.78, 5) is 35.9. The number of rotatable bonds is 6. The zero-order chi connectivity index (χ0) is 23.1. The van der Waals surface area contributed by atoms with Crippen LogP contribution in [0, 0.1) is 0 Å². The van der Waals surface area contributed by atoms with Crippen molar-refractivity contribution in [1.29, 1.82) is 0 Å². The van der Waals surface area contributed by atoms with E-state index in [9.17, 15) is 14.4 Å². The number of amides is 3. The van der Waals surface area contributed by atoms with Gasteiger partial charge >= 0.3 is 11.8 Å². The highest BCUT2D eigenvalue weighted by molar-refractivity contribution is 6.43. The average Bonchev–Trinajstić information content (AvgIpc) is 3.22. The predicted octanol–water partition coefficient (Wildman–Crippen LogP) is 4.26. The van der Waals surface area contributed by atoms with Crippen molar-refractivity contribution in [3.63, 3.8) is 0 Å². The lowest BCUT2D eigenvalue weighted by molar-refractivity contribution is -0.136. The maximum absolute atomic E-state index is 12.0. The summed E-state index contributed by atoms with van der Waals surface area (Å²) in [6.07, 6.45) is 1.30. The highest BCUT2D eigenvalue weighted by atomic mass is 35.5. The number of furan rings is 1. The van der Waals surface area contributed by atoms with Crippen LogP contribution in [-0.4, -0.2) is 23.9 Å². The molecule has 0 bridgehead atoms. The van der Waals surface area contributed by atoms with Crippen molar-refractivity contribution in [2.45, 2.75) is 6.54 Å². The summed E-state index contributed by atoms with van der Waals surface area (Å²) in [5, 5.41) is 9.76. The first-order valence-corrected chi connectivity index (χ1v) is 10.2. The molecule has 0 spiro atoms. The van der Waals surface area contributed by atoms with E-state index in [1.807, 2.05) is 0 Å². The van der Waals surface area contributed by atoms with Crippen molar-refractivity contribution < 1.29 is 18.8 Å². The smallest absolute Gasteiger partial charge is 0.313 e. The molecular formula is C21H15Cl3N4O4. The van der Waals surface area contributed by atoms with Crippen LogP contribution < -0.4 is 16.1 Å². The largest absolute Gasteiger partial charge is 0.458 e. The van der Waals surface area contributed by atoms with Crippen LogP contribution in [-0.2, 0) is 16.1 Å². The molecule has 0 radical (unpaired) electrons. The third kappa shape index (κ3) is 6.58. The molecule has 3 rings (SSSR count). The summed E-state index contributed by atoms with van der Waals surface area (Å²) in [5.41, 5.74) is 3.09. The quantitative estimate of drug-likeness (QED) is 0.270. The summed E-state index contributed by atoms with van der Waals surface area (Å²) in [5.74, 6) is -1.43. The molecule has 2 aromatic carbocycles. The van der Waals surface area contributed by atoms with Gasteiger partial charge in [-0.05, 0) is 54.6 Å². The topological polar surface area (TPSA) is 113 Å². The van der Waals surface area contributed by atoms with Crippen molar-refractivity contribution in [2.24, 2.45) is 5.10 Å². The van der Waals surface area contributed by atoms with Gasteiger partial charge in [-0.1, -0.05) is 34.8 Å². The van der Waals surface area contributed by atoms with Crippen LogP contribution >= 0.6 is 34.8 Å². The predicted molar refractivity (Wildman–Crippen MR) is 122 cm³/mol. The monoisotopic (exact) mass is 492 g/mol. The molecule has 11 heteroatoms. The summed E-state index contributed by atoms with van der Waals surface area (Å²) < 4.78 is 5.47. The van der Waals surface area contributed by atoms with E-state index in [2.05, 4.69) is 21.2 Å². The van der Waals surface area contributed by atoms with E-state index < -0.39 is 17.7 Å². The molecule has 164 valence electrons. The van der Waals surface area contributed by atoms with E-state index in [-0.39, 0.29) is 11.6 Å². The fourth-order valence-electron chi connectivity index (χ4n) is 2.39. The van der Waals surface area contributed by atoms with Gasteiger partial charge in [0.15, 0.2) is 0 Å². The second-order valence-corrected chi connectivity index (χ2v) is 7.53. The molecule has 1 heterocycles. The van der Waals surface area contributed by atoms with Gasteiger partial charge in [0.1, 0.15) is 11.5 Å². The normalized spacial score (nSPS) is 10.7. The minimum Gasteiger partial charge on any atom is -0.458 e. The summed E-state index contributed by atoms with van der Waals surface area (Å²) in [6.45, 7) is -0.0292. The number of halogens is 3. The zero-order valence-electron chi connectivity index (χ0n) is 16.2. The third-order valence-corrected chi connectivity index (χ3v) is 4.94. The molecule has 32 heavy (non-hydrogen) atoms. The van der Waals surface area contributed by atoms with Crippen LogP contribution in [0.15, 0.2) is 64.1 Å². The molecular weight excluding hydrogens is 479 g/mol. The van der Waals surface area contributed by atoms with Gasteiger partial charge < -0.3 is 15.1 Å². The first kappa shape index (κ1) is 23.3. The zero-order valence-corrected chi connectivity index (χ0v) is 18.5. The van der Waals surface area contributed by atoms with Gasteiger partial charge in [-0.25, -0.2) is 5.43 Å². The van der Waals surface area contributed by atoms with Crippen molar-refractivity contribution >= 4 is 64.4 Å². The van der Waals surface area contributed by atoms with Crippen molar-refractivity contribution in [2.75, 3.05) is 5.32 Å². The van der Waals surface area contributed by atoms with Crippen LogP contribution in [0.25, 0.3) is 0 Å². The first-order valence-electron chi connectivity index (χ1n) is 9.04. The van der Waals surface area contributed by atoms with E-state index in [1.54, 1.807) is 36.4 Å². The Morgan fingerprint density at radius 2 is 1.66 bits per heavy atom. The van der Waals surface area contributed by atoms with Crippen LogP contribution in [0.1, 0.15) is 21.9 Å². The Hall–Kier alpha value is -3.33. The van der Waals surface area contributed by atoms with Crippen molar-refractivity contribution in [1.82, 2.24) is 10.7 Å². The summed E-state index contributed by atoms with van der Waals surface area (Å²) in [6, 6.07) is 14.0. The number of anilines is 1. The number of hydrogen-bond donors (Lipinski definition) is 3. The van der Waals surface area contributed by atoms with Crippen LogP contribution in [0.2, 0.25) is 15.1 Å². The molecule has 8 nitrogen and oxygen atoms in total. The number of nitrogens with one attached hydrogen (secondary N) is 3. The third-order valence-electron chi connectivity index (χ3n) is 3.95. The number of hydrazone groups is 1. The standard InChI is InChI=1S/C21H15Cl3N4O4/c22-13-3-1-12(2-4-13)19(29)28-26-11-16-7-6-15(32-16)10-25-20(30)21(31)27-14-5-8-17(23)18(24)9-14/h1-9,11H,10H2,(H,25,30)(H,27,31)(H,28,29)/b26-11-. The van der Waals surface area contributed by atoms with E-state index in [0.29, 0.717) is 32.8 Å². The molecule has 0 saturated heterocycles. The molecule has 0 saturated carbocycles. The molecule has 3 aromatic rings. The molecule has 3 amide bonds. The Morgan fingerprint density at radius 1 is 0.906 bits per heavy atom. The number of carbonyl (C=O) groups excluding carboxylic acids is 3. The van der Waals surface area contributed by atoms with Gasteiger partial charge in [0.25, 0.3) is 5.91 Å². The lowest BCUT2D eigenvalue weighted by atomic mass is 10.2. The molecule has 0 unspecified atom stereocenters. The van der Waals surface area contributed by atoms with E-state index in [0.717, 1.165) is 0 Å². The fourth-order valence-corrected chi connectivity index (χ4v) is 2.81. The number of benzene rings is 2. The second kappa shape index (κ2) is 10.8. The molecule has 0 atom stereocenters. The van der Waals surface area contributed by atoms with Gasteiger partial charge in [-0.2, -0.15) is 5.10 Å². The lowest BCUT2D eigenvalue weighted by Gasteiger charge is -2.06. The molecule has 3 N–H and O–H groups in total. The Kier molecular flexibility index (Phi) is 7.88. The van der Waals surface area contributed by atoms with Gasteiger partial charge in [0.05, 0.1) is 22.8 Å². The van der Waals surface area contributed by atoms with Gasteiger partial charge in [0, 0.05) is 16.3 Å². The molecule has 1 aromatic heterocycles. The minimum atomic E-state index is -0.873. The molecule has 0 fully saturated rings. The van der Waals surface area contributed by atoms with Gasteiger partial charge in [-0.3, -0.25) is 14.4 Å². The maximum Gasteiger partial charge on any atom is 0.313 e. The number of hydrogen-bond acceptors (Lipinski definition) is 5. The maximum atomic E-state index is 12.0. The highest BCUT2D eigenvalue weighted by Crippen LogP contribution is 2.24. The van der Waals surface area contributed by atoms with Gasteiger partial charge in [-0.15, -0.1) is 0 Å².